The minimum Gasteiger partial charge on any atom is -0.338 e. The normalized spacial score (nSPS) is 10.7. The SMILES string of the molecule is CCc1c(C)noc1NC(=O)CCc1ccnn1C. The van der Waals surface area contributed by atoms with Crippen molar-refractivity contribution in [2.75, 3.05) is 5.32 Å². The lowest BCUT2D eigenvalue weighted by Crippen LogP contribution is -2.14. The number of hydrogen-bond donors (Lipinski definition) is 1. The van der Waals surface area contributed by atoms with Crippen LogP contribution in [-0.2, 0) is 24.7 Å². The van der Waals surface area contributed by atoms with Crippen LogP contribution in [0.1, 0.15) is 30.3 Å². The second kappa shape index (κ2) is 5.69. The first-order valence-corrected chi connectivity index (χ1v) is 6.33. The predicted molar refractivity (Wildman–Crippen MR) is 70.8 cm³/mol. The van der Waals surface area contributed by atoms with Crippen LogP contribution in [0, 0.1) is 6.92 Å². The number of amides is 1. The Hall–Kier alpha value is -2.11. The first kappa shape index (κ1) is 13.3. The molecule has 6 heteroatoms. The number of carbonyl (C=O) groups excluding carboxylic acids is 1. The van der Waals surface area contributed by atoms with Crippen LogP contribution in [0.5, 0.6) is 0 Å². The van der Waals surface area contributed by atoms with Gasteiger partial charge in [-0.2, -0.15) is 5.10 Å². The minimum atomic E-state index is -0.0768. The maximum atomic E-state index is 11.9. The fourth-order valence-electron chi connectivity index (χ4n) is 1.98. The van der Waals surface area contributed by atoms with Crippen LogP contribution in [0.15, 0.2) is 16.8 Å². The fourth-order valence-corrected chi connectivity index (χ4v) is 1.98. The van der Waals surface area contributed by atoms with Crippen LogP contribution < -0.4 is 5.32 Å². The summed E-state index contributed by atoms with van der Waals surface area (Å²) in [7, 11) is 1.86. The molecule has 0 aliphatic rings. The maximum absolute atomic E-state index is 11.9. The lowest BCUT2D eigenvalue weighted by atomic mass is 10.2. The Labute approximate surface area is 111 Å². The molecule has 19 heavy (non-hydrogen) atoms. The summed E-state index contributed by atoms with van der Waals surface area (Å²) in [5, 5.41) is 10.7. The third kappa shape index (κ3) is 3.01. The Balaban J connectivity index is 1.92. The molecule has 6 nitrogen and oxygen atoms in total. The van der Waals surface area contributed by atoms with Crippen molar-refractivity contribution < 1.29 is 9.32 Å². The molecular formula is C13H18N4O2. The minimum absolute atomic E-state index is 0.0768. The Morgan fingerprint density at radius 3 is 2.95 bits per heavy atom. The summed E-state index contributed by atoms with van der Waals surface area (Å²) in [4.78, 5) is 11.9. The van der Waals surface area contributed by atoms with Gasteiger partial charge in [0.1, 0.15) is 0 Å². The zero-order valence-electron chi connectivity index (χ0n) is 11.4. The van der Waals surface area contributed by atoms with Crippen LogP contribution in [0.2, 0.25) is 0 Å². The first-order chi connectivity index (χ1) is 9.11. The van der Waals surface area contributed by atoms with Crippen molar-refractivity contribution in [3.05, 3.63) is 29.2 Å². The van der Waals surface area contributed by atoms with Gasteiger partial charge in [-0.3, -0.25) is 14.8 Å². The third-order valence-electron chi connectivity index (χ3n) is 3.12. The molecule has 2 rings (SSSR count). The highest BCUT2D eigenvalue weighted by atomic mass is 16.5. The van der Waals surface area contributed by atoms with E-state index in [-0.39, 0.29) is 5.91 Å². The largest absolute Gasteiger partial charge is 0.338 e. The number of nitrogens with one attached hydrogen (secondary N) is 1. The first-order valence-electron chi connectivity index (χ1n) is 6.33. The van der Waals surface area contributed by atoms with E-state index >= 15 is 0 Å². The van der Waals surface area contributed by atoms with Crippen molar-refractivity contribution >= 4 is 11.8 Å². The van der Waals surface area contributed by atoms with Gasteiger partial charge in [-0.1, -0.05) is 12.1 Å². The number of aryl methyl sites for hydroxylation is 3. The molecule has 2 heterocycles. The Bertz CT molecular complexity index is 571. The second-order valence-corrected chi connectivity index (χ2v) is 4.42. The van der Waals surface area contributed by atoms with Gasteiger partial charge in [-0.05, 0) is 25.8 Å². The Morgan fingerprint density at radius 1 is 1.53 bits per heavy atom. The molecule has 0 radical (unpaired) electrons. The summed E-state index contributed by atoms with van der Waals surface area (Å²) >= 11 is 0. The standard InChI is InChI=1S/C13H18N4O2/c1-4-11-9(2)16-19-13(11)15-12(18)6-5-10-7-8-14-17(10)3/h7-8H,4-6H2,1-3H3,(H,15,18). The van der Waals surface area contributed by atoms with Crippen LogP contribution in [-0.4, -0.2) is 20.8 Å². The predicted octanol–water partition coefficient (Wildman–Crippen LogP) is 1.85. The molecule has 0 aliphatic carbocycles. The van der Waals surface area contributed by atoms with E-state index in [2.05, 4.69) is 15.6 Å². The molecular weight excluding hydrogens is 244 g/mol. The Kier molecular flexibility index (Phi) is 3.99. The van der Waals surface area contributed by atoms with Gasteiger partial charge < -0.3 is 4.52 Å². The molecule has 1 amide bonds. The number of carbonyl (C=O) groups is 1. The summed E-state index contributed by atoms with van der Waals surface area (Å²) in [6.45, 7) is 3.87. The zero-order valence-corrected chi connectivity index (χ0v) is 11.4. The highest BCUT2D eigenvalue weighted by Gasteiger charge is 2.14. The molecule has 102 valence electrons. The number of aromatic nitrogens is 3. The molecule has 0 spiro atoms. The van der Waals surface area contributed by atoms with Gasteiger partial charge in [-0.15, -0.1) is 0 Å². The van der Waals surface area contributed by atoms with E-state index in [0.717, 1.165) is 23.4 Å². The zero-order chi connectivity index (χ0) is 13.8. The van der Waals surface area contributed by atoms with Crippen molar-refractivity contribution in [3.63, 3.8) is 0 Å². The van der Waals surface area contributed by atoms with Gasteiger partial charge >= 0.3 is 0 Å². The molecule has 1 N–H and O–H groups in total. The molecule has 0 saturated heterocycles. The fraction of sp³-hybridized carbons (Fsp3) is 0.462. The van der Waals surface area contributed by atoms with Crippen LogP contribution in [0.25, 0.3) is 0 Å². The van der Waals surface area contributed by atoms with Crippen LogP contribution in [0.3, 0.4) is 0 Å². The van der Waals surface area contributed by atoms with Gasteiger partial charge in [0, 0.05) is 30.9 Å². The van der Waals surface area contributed by atoms with E-state index in [1.165, 1.54) is 0 Å². The second-order valence-electron chi connectivity index (χ2n) is 4.42. The monoisotopic (exact) mass is 262 g/mol. The summed E-state index contributed by atoms with van der Waals surface area (Å²) in [6.07, 6.45) is 3.55. The maximum Gasteiger partial charge on any atom is 0.234 e. The van der Waals surface area contributed by atoms with Crippen LogP contribution in [0.4, 0.5) is 5.88 Å². The smallest absolute Gasteiger partial charge is 0.234 e. The third-order valence-corrected chi connectivity index (χ3v) is 3.12. The molecule has 0 bridgehead atoms. The molecule has 0 aromatic carbocycles. The van der Waals surface area contributed by atoms with Crippen LogP contribution >= 0.6 is 0 Å². The lowest BCUT2D eigenvalue weighted by Gasteiger charge is -2.04. The van der Waals surface area contributed by atoms with E-state index in [1.807, 2.05) is 27.0 Å². The number of nitrogens with zero attached hydrogens (tertiary/aromatic N) is 3. The van der Waals surface area contributed by atoms with E-state index in [1.54, 1.807) is 10.9 Å². The molecule has 0 atom stereocenters. The Morgan fingerprint density at radius 2 is 2.32 bits per heavy atom. The van der Waals surface area contributed by atoms with E-state index in [0.29, 0.717) is 18.7 Å². The average molecular weight is 262 g/mol. The summed E-state index contributed by atoms with van der Waals surface area (Å²) in [5.41, 5.74) is 2.80. The summed E-state index contributed by atoms with van der Waals surface area (Å²) in [6, 6.07) is 1.91. The van der Waals surface area contributed by atoms with E-state index < -0.39 is 0 Å². The quantitative estimate of drug-likeness (QED) is 0.892. The molecule has 0 fully saturated rings. The number of hydrogen-bond acceptors (Lipinski definition) is 4. The van der Waals surface area contributed by atoms with Crippen molar-refractivity contribution in [3.8, 4) is 0 Å². The van der Waals surface area contributed by atoms with Gasteiger partial charge in [0.15, 0.2) is 0 Å². The van der Waals surface area contributed by atoms with Gasteiger partial charge in [0.2, 0.25) is 11.8 Å². The molecule has 0 saturated carbocycles. The van der Waals surface area contributed by atoms with E-state index in [9.17, 15) is 4.79 Å². The highest BCUT2D eigenvalue weighted by Crippen LogP contribution is 2.19. The number of rotatable bonds is 5. The molecule has 2 aromatic heterocycles. The lowest BCUT2D eigenvalue weighted by molar-refractivity contribution is -0.116. The van der Waals surface area contributed by atoms with E-state index in [4.69, 9.17) is 4.52 Å². The van der Waals surface area contributed by atoms with Crippen molar-refractivity contribution in [1.29, 1.82) is 0 Å². The summed E-state index contributed by atoms with van der Waals surface area (Å²) < 4.78 is 6.89. The number of anilines is 1. The topological polar surface area (TPSA) is 73.0 Å². The molecule has 2 aromatic rings. The van der Waals surface area contributed by atoms with Crippen molar-refractivity contribution in [1.82, 2.24) is 14.9 Å². The average Bonchev–Trinajstić information content (AvgIpc) is 2.93. The van der Waals surface area contributed by atoms with Crippen molar-refractivity contribution in [2.45, 2.75) is 33.1 Å². The molecule has 0 unspecified atom stereocenters. The molecule has 0 aliphatic heterocycles. The van der Waals surface area contributed by atoms with Gasteiger partial charge in [0.05, 0.1) is 5.69 Å². The van der Waals surface area contributed by atoms with Crippen molar-refractivity contribution in [2.24, 2.45) is 7.05 Å². The summed E-state index contributed by atoms with van der Waals surface area (Å²) in [5.74, 6) is 0.391. The highest BCUT2D eigenvalue weighted by molar-refractivity contribution is 5.90. The van der Waals surface area contributed by atoms with Gasteiger partial charge in [0.25, 0.3) is 0 Å². The van der Waals surface area contributed by atoms with Gasteiger partial charge in [-0.25, -0.2) is 0 Å².